The monoisotopic (exact) mass is 547 g/mol. The predicted octanol–water partition coefficient (Wildman–Crippen LogP) is 4.85. The topological polar surface area (TPSA) is 79.0 Å². The van der Waals surface area contributed by atoms with Crippen molar-refractivity contribution >= 4 is 15.9 Å². The molecule has 0 bridgehead atoms. The zero-order chi connectivity index (χ0) is 27.2. The number of sulfonamides is 1. The van der Waals surface area contributed by atoms with Gasteiger partial charge in [0.1, 0.15) is 10.6 Å². The summed E-state index contributed by atoms with van der Waals surface area (Å²) in [5.74, 6) is 0.0793. The summed E-state index contributed by atoms with van der Waals surface area (Å²) < 4.78 is 34.8. The fraction of sp³-hybridized carbons (Fsp3) is 0.387. The minimum atomic E-state index is -3.82. The largest absolute Gasteiger partial charge is 0.495 e. The van der Waals surface area contributed by atoms with Gasteiger partial charge in [0.2, 0.25) is 10.0 Å². The van der Waals surface area contributed by atoms with Gasteiger partial charge in [-0.15, -0.1) is 0 Å². The van der Waals surface area contributed by atoms with Crippen LogP contribution in [-0.4, -0.2) is 63.5 Å². The highest BCUT2D eigenvalue weighted by Gasteiger charge is 2.30. The average Bonchev–Trinajstić information content (AvgIpc) is 2.98. The molecule has 0 unspecified atom stereocenters. The van der Waals surface area contributed by atoms with E-state index in [4.69, 9.17) is 4.74 Å². The molecule has 0 radical (unpaired) electrons. The zero-order valence-corrected chi connectivity index (χ0v) is 23.3. The summed E-state index contributed by atoms with van der Waals surface area (Å²) in [4.78, 5) is 17.8. The maximum atomic E-state index is 13.5. The Labute approximate surface area is 231 Å². The SMILES string of the molecule is COc1ccc(C(=O)N2CCN(C(c3ccccc3)c3ccccc3)CC2)cc1S(=O)(=O)NC1CCCCC1. The first-order valence-corrected chi connectivity index (χ1v) is 15.3. The molecular weight excluding hydrogens is 510 g/mol. The van der Waals surface area contributed by atoms with Crippen molar-refractivity contribution in [1.82, 2.24) is 14.5 Å². The Kier molecular flexibility index (Phi) is 8.65. The molecule has 1 saturated heterocycles. The molecule has 0 atom stereocenters. The van der Waals surface area contributed by atoms with Crippen molar-refractivity contribution in [3.63, 3.8) is 0 Å². The van der Waals surface area contributed by atoms with Gasteiger partial charge in [-0.25, -0.2) is 13.1 Å². The van der Waals surface area contributed by atoms with Gasteiger partial charge in [0, 0.05) is 37.8 Å². The van der Waals surface area contributed by atoms with E-state index in [-0.39, 0.29) is 28.6 Å². The van der Waals surface area contributed by atoms with Crippen LogP contribution in [0.15, 0.2) is 83.8 Å². The van der Waals surface area contributed by atoms with Gasteiger partial charge in [0.15, 0.2) is 0 Å². The number of benzene rings is 3. The van der Waals surface area contributed by atoms with Crippen LogP contribution in [0.3, 0.4) is 0 Å². The molecular formula is C31H37N3O4S. The van der Waals surface area contributed by atoms with E-state index in [2.05, 4.69) is 58.2 Å². The molecule has 1 heterocycles. The molecule has 39 heavy (non-hydrogen) atoms. The fourth-order valence-corrected chi connectivity index (χ4v) is 7.27. The van der Waals surface area contributed by atoms with E-state index in [9.17, 15) is 13.2 Å². The molecule has 2 fully saturated rings. The highest BCUT2D eigenvalue weighted by Crippen LogP contribution is 2.31. The van der Waals surface area contributed by atoms with Crippen molar-refractivity contribution in [2.45, 2.75) is 49.1 Å². The van der Waals surface area contributed by atoms with E-state index in [1.807, 2.05) is 17.0 Å². The highest BCUT2D eigenvalue weighted by atomic mass is 32.2. The molecule has 1 aliphatic carbocycles. The number of methoxy groups -OCH3 is 1. The third-order valence-corrected chi connectivity index (χ3v) is 9.37. The van der Waals surface area contributed by atoms with E-state index in [0.29, 0.717) is 31.7 Å². The quantitative estimate of drug-likeness (QED) is 0.436. The van der Waals surface area contributed by atoms with E-state index >= 15 is 0 Å². The van der Waals surface area contributed by atoms with Gasteiger partial charge >= 0.3 is 0 Å². The van der Waals surface area contributed by atoms with Crippen molar-refractivity contribution in [2.75, 3.05) is 33.3 Å². The first kappa shape index (κ1) is 27.4. The molecule has 3 aromatic carbocycles. The van der Waals surface area contributed by atoms with Crippen molar-refractivity contribution < 1.29 is 17.9 Å². The second-order valence-electron chi connectivity index (χ2n) is 10.4. The van der Waals surface area contributed by atoms with Gasteiger partial charge in [-0.3, -0.25) is 9.69 Å². The first-order valence-electron chi connectivity index (χ1n) is 13.8. The van der Waals surface area contributed by atoms with Crippen molar-refractivity contribution in [3.8, 4) is 5.75 Å². The van der Waals surface area contributed by atoms with Gasteiger partial charge < -0.3 is 9.64 Å². The summed E-state index contributed by atoms with van der Waals surface area (Å²) >= 11 is 0. The van der Waals surface area contributed by atoms with Crippen LogP contribution < -0.4 is 9.46 Å². The van der Waals surface area contributed by atoms with Crippen LogP contribution in [-0.2, 0) is 10.0 Å². The molecule has 1 N–H and O–H groups in total. The number of nitrogens with zero attached hydrogens (tertiary/aromatic N) is 2. The zero-order valence-electron chi connectivity index (χ0n) is 22.5. The molecule has 1 aliphatic heterocycles. The summed E-state index contributed by atoms with van der Waals surface area (Å²) in [6, 6.07) is 25.6. The third-order valence-electron chi connectivity index (χ3n) is 7.82. The minimum absolute atomic E-state index is 0.0216. The molecule has 7 nitrogen and oxygen atoms in total. The molecule has 0 aromatic heterocycles. The third kappa shape index (κ3) is 6.35. The molecule has 206 valence electrons. The van der Waals surface area contributed by atoms with Crippen LogP contribution in [0.1, 0.15) is 59.6 Å². The minimum Gasteiger partial charge on any atom is -0.495 e. The Balaban J connectivity index is 1.31. The van der Waals surface area contributed by atoms with E-state index in [0.717, 1.165) is 32.1 Å². The van der Waals surface area contributed by atoms with Gasteiger partial charge in [0.05, 0.1) is 13.2 Å². The first-order chi connectivity index (χ1) is 19.0. The number of ether oxygens (including phenoxy) is 1. The van der Waals surface area contributed by atoms with Gasteiger partial charge in [-0.2, -0.15) is 0 Å². The normalized spacial score (nSPS) is 17.3. The van der Waals surface area contributed by atoms with Crippen LogP contribution in [0.4, 0.5) is 0 Å². The molecule has 3 aromatic rings. The number of carbonyl (C=O) groups excluding carboxylic acids is 1. The molecule has 2 aliphatic rings. The van der Waals surface area contributed by atoms with Gasteiger partial charge in [-0.05, 0) is 42.2 Å². The van der Waals surface area contributed by atoms with Gasteiger partial charge in [0.25, 0.3) is 5.91 Å². The van der Waals surface area contributed by atoms with E-state index in [1.165, 1.54) is 24.3 Å². The number of amides is 1. The Hall–Kier alpha value is -3.20. The number of hydrogen-bond acceptors (Lipinski definition) is 5. The maximum Gasteiger partial charge on any atom is 0.253 e. The van der Waals surface area contributed by atoms with Crippen LogP contribution in [0.5, 0.6) is 5.75 Å². The lowest BCUT2D eigenvalue weighted by atomic mass is 9.96. The second kappa shape index (κ2) is 12.3. The molecule has 5 rings (SSSR count). The highest BCUT2D eigenvalue weighted by molar-refractivity contribution is 7.89. The maximum absolute atomic E-state index is 13.5. The van der Waals surface area contributed by atoms with Crippen molar-refractivity contribution in [2.24, 2.45) is 0 Å². The number of hydrogen-bond donors (Lipinski definition) is 1. The number of piperazine rings is 1. The van der Waals surface area contributed by atoms with Crippen LogP contribution in [0.25, 0.3) is 0 Å². The van der Waals surface area contributed by atoms with Crippen LogP contribution in [0.2, 0.25) is 0 Å². The predicted molar refractivity (Wildman–Crippen MR) is 152 cm³/mol. The summed E-state index contributed by atoms with van der Waals surface area (Å²) in [6.07, 6.45) is 4.83. The molecule has 1 amide bonds. The Morgan fingerprint density at radius 2 is 1.44 bits per heavy atom. The van der Waals surface area contributed by atoms with E-state index < -0.39 is 10.0 Å². The average molecular weight is 548 g/mol. The fourth-order valence-electron chi connectivity index (χ4n) is 5.77. The van der Waals surface area contributed by atoms with E-state index in [1.54, 1.807) is 12.1 Å². The van der Waals surface area contributed by atoms with Crippen LogP contribution in [0, 0.1) is 0 Å². The van der Waals surface area contributed by atoms with Crippen molar-refractivity contribution in [1.29, 1.82) is 0 Å². The smallest absolute Gasteiger partial charge is 0.253 e. The lowest BCUT2D eigenvalue weighted by molar-refractivity contribution is 0.0597. The molecule has 1 saturated carbocycles. The lowest BCUT2D eigenvalue weighted by Crippen LogP contribution is -2.49. The Morgan fingerprint density at radius 1 is 0.846 bits per heavy atom. The molecule has 8 heteroatoms. The number of nitrogens with one attached hydrogen (secondary N) is 1. The summed E-state index contributed by atoms with van der Waals surface area (Å²) in [5.41, 5.74) is 2.80. The Morgan fingerprint density at radius 3 is 2.00 bits per heavy atom. The lowest BCUT2D eigenvalue weighted by Gasteiger charge is -2.40. The van der Waals surface area contributed by atoms with Crippen molar-refractivity contribution in [3.05, 3.63) is 95.6 Å². The van der Waals surface area contributed by atoms with Gasteiger partial charge in [-0.1, -0.05) is 79.9 Å². The second-order valence-corrected chi connectivity index (χ2v) is 12.1. The number of carbonyl (C=O) groups is 1. The summed E-state index contributed by atoms with van der Waals surface area (Å²) in [5, 5.41) is 0. The molecule has 0 spiro atoms. The standard InChI is InChI=1S/C31H37N3O4S/c1-38-28-18-17-26(23-29(28)39(36,37)32-27-15-9-4-10-16-27)31(35)34-21-19-33(20-22-34)30(24-11-5-2-6-12-24)25-13-7-3-8-14-25/h2-3,5-8,11-14,17-18,23,27,30,32H,4,9-10,15-16,19-22H2,1H3. The van der Waals surface area contributed by atoms with Crippen LogP contribution >= 0.6 is 0 Å². The number of rotatable bonds is 8. The Bertz CT molecular complexity index is 1310. The summed E-state index contributed by atoms with van der Waals surface area (Å²) in [6.45, 7) is 2.54. The summed E-state index contributed by atoms with van der Waals surface area (Å²) in [7, 11) is -2.37.